The van der Waals surface area contributed by atoms with Crippen LogP contribution in [-0.2, 0) is 0 Å². The maximum absolute atomic E-state index is 3.69. The predicted octanol–water partition coefficient (Wildman–Crippen LogP) is 5.11. The number of hydrogen-bond acceptors (Lipinski definition) is 0. The SMILES string of the molecule is BrCCC(Br)CCC(CBr)CCBr. The van der Waals surface area contributed by atoms with Gasteiger partial charge in [0.05, 0.1) is 0 Å². The van der Waals surface area contributed by atoms with Gasteiger partial charge < -0.3 is 0 Å². The van der Waals surface area contributed by atoms with Crippen molar-refractivity contribution >= 4 is 63.7 Å². The highest BCUT2D eigenvalue weighted by atomic mass is 79.9. The van der Waals surface area contributed by atoms with Crippen LogP contribution in [0, 0.1) is 5.92 Å². The highest BCUT2D eigenvalue weighted by Crippen LogP contribution is 2.21. The molecule has 0 aromatic carbocycles. The van der Waals surface area contributed by atoms with Gasteiger partial charge in [-0.1, -0.05) is 63.7 Å². The molecule has 2 atom stereocenters. The molecule has 0 nitrogen and oxygen atoms in total. The molecular formula is C9H16Br4. The smallest absolute Gasteiger partial charge is 0.0153 e. The molecule has 80 valence electrons. The molecule has 2 unspecified atom stereocenters. The molecule has 13 heavy (non-hydrogen) atoms. The van der Waals surface area contributed by atoms with Crippen molar-refractivity contribution in [3.8, 4) is 0 Å². The van der Waals surface area contributed by atoms with E-state index in [0.29, 0.717) is 4.83 Å². The van der Waals surface area contributed by atoms with Crippen molar-refractivity contribution in [2.24, 2.45) is 5.92 Å². The van der Waals surface area contributed by atoms with Gasteiger partial charge in [0.15, 0.2) is 0 Å². The van der Waals surface area contributed by atoms with Gasteiger partial charge in [0.2, 0.25) is 0 Å². The van der Waals surface area contributed by atoms with E-state index < -0.39 is 0 Å². The van der Waals surface area contributed by atoms with Crippen LogP contribution in [0.15, 0.2) is 0 Å². The first kappa shape index (κ1) is 14.9. The predicted molar refractivity (Wildman–Crippen MR) is 76.1 cm³/mol. The third-order valence-electron chi connectivity index (χ3n) is 2.05. The molecule has 0 aromatic rings. The molecule has 0 radical (unpaired) electrons. The number of halogens is 4. The highest BCUT2D eigenvalue weighted by molar-refractivity contribution is 9.10. The summed E-state index contributed by atoms with van der Waals surface area (Å²) in [4.78, 5) is 0.684. The largest absolute Gasteiger partial charge is 0.0928 e. The van der Waals surface area contributed by atoms with Crippen molar-refractivity contribution in [2.75, 3.05) is 16.0 Å². The summed E-state index contributed by atoms with van der Waals surface area (Å²) in [7, 11) is 0. The number of hydrogen-bond donors (Lipinski definition) is 0. The van der Waals surface area contributed by atoms with Crippen molar-refractivity contribution in [3.63, 3.8) is 0 Å². The van der Waals surface area contributed by atoms with E-state index >= 15 is 0 Å². The molecule has 0 fully saturated rings. The van der Waals surface area contributed by atoms with Gasteiger partial charge in [0, 0.05) is 20.8 Å². The monoisotopic (exact) mass is 440 g/mol. The van der Waals surface area contributed by atoms with Gasteiger partial charge in [0.25, 0.3) is 0 Å². The second-order valence-corrected chi connectivity index (χ2v) is 6.68. The molecule has 0 aliphatic carbocycles. The molecule has 0 aromatic heterocycles. The van der Waals surface area contributed by atoms with Gasteiger partial charge in [-0.3, -0.25) is 0 Å². The summed E-state index contributed by atoms with van der Waals surface area (Å²) in [5.41, 5.74) is 0. The molecule has 0 bridgehead atoms. The number of rotatable bonds is 8. The Hall–Kier alpha value is 1.92. The second-order valence-electron chi connectivity index (χ2n) is 3.15. The highest BCUT2D eigenvalue weighted by Gasteiger charge is 2.09. The molecule has 0 spiro atoms. The molecule has 0 saturated carbocycles. The fourth-order valence-electron chi connectivity index (χ4n) is 1.13. The topological polar surface area (TPSA) is 0 Å². The summed E-state index contributed by atoms with van der Waals surface area (Å²) in [6, 6.07) is 0. The van der Waals surface area contributed by atoms with Crippen LogP contribution in [0.5, 0.6) is 0 Å². The normalized spacial score (nSPS) is 15.7. The van der Waals surface area contributed by atoms with Crippen LogP contribution >= 0.6 is 63.7 Å². The lowest BCUT2D eigenvalue weighted by Crippen LogP contribution is -2.07. The van der Waals surface area contributed by atoms with E-state index in [4.69, 9.17) is 0 Å². The Bertz CT molecular complexity index is 108. The lowest BCUT2D eigenvalue weighted by atomic mass is 10.0. The Morgan fingerprint density at radius 2 is 1.38 bits per heavy atom. The summed E-state index contributed by atoms with van der Waals surface area (Å²) < 4.78 is 0. The molecule has 0 aliphatic rings. The molecule has 4 heteroatoms. The van der Waals surface area contributed by atoms with Crippen LogP contribution in [0.1, 0.15) is 25.7 Å². The zero-order chi connectivity index (χ0) is 10.1. The molecule has 0 heterocycles. The average Bonchev–Trinajstić information content (AvgIpc) is 2.12. The van der Waals surface area contributed by atoms with Crippen LogP contribution in [0.2, 0.25) is 0 Å². The van der Waals surface area contributed by atoms with Crippen LogP contribution in [0.3, 0.4) is 0 Å². The van der Waals surface area contributed by atoms with Crippen molar-refractivity contribution in [2.45, 2.75) is 30.5 Å². The van der Waals surface area contributed by atoms with E-state index in [9.17, 15) is 0 Å². The number of alkyl halides is 4. The van der Waals surface area contributed by atoms with Gasteiger partial charge in [0.1, 0.15) is 0 Å². The molecule has 0 rings (SSSR count). The minimum absolute atomic E-state index is 0.684. The minimum Gasteiger partial charge on any atom is -0.0928 e. The Kier molecular flexibility index (Phi) is 12.0. The average molecular weight is 444 g/mol. The zero-order valence-corrected chi connectivity index (χ0v) is 14.0. The fourth-order valence-corrected chi connectivity index (χ4v) is 4.09. The summed E-state index contributed by atoms with van der Waals surface area (Å²) in [6.07, 6.45) is 5.11. The van der Waals surface area contributed by atoms with Gasteiger partial charge >= 0.3 is 0 Å². The van der Waals surface area contributed by atoms with Crippen LogP contribution in [-0.4, -0.2) is 20.8 Å². The molecule has 0 N–H and O–H groups in total. The molecule has 0 amide bonds. The van der Waals surface area contributed by atoms with Crippen LogP contribution < -0.4 is 0 Å². The Labute approximate surface area is 115 Å². The van der Waals surface area contributed by atoms with E-state index in [-0.39, 0.29) is 0 Å². The Morgan fingerprint density at radius 1 is 0.769 bits per heavy atom. The van der Waals surface area contributed by atoms with Crippen molar-refractivity contribution in [3.05, 3.63) is 0 Å². The maximum atomic E-state index is 3.69. The minimum atomic E-state index is 0.684. The lowest BCUT2D eigenvalue weighted by Gasteiger charge is -2.14. The van der Waals surface area contributed by atoms with Gasteiger partial charge in [-0.25, -0.2) is 0 Å². The summed E-state index contributed by atoms with van der Waals surface area (Å²) in [5, 5.41) is 3.35. The van der Waals surface area contributed by atoms with Crippen molar-refractivity contribution in [1.82, 2.24) is 0 Å². The maximum Gasteiger partial charge on any atom is 0.0153 e. The lowest BCUT2D eigenvalue weighted by molar-refractivity contribution is 0.504. The summed E-state index contributed by atoms with van der Waals surface area (Å²) in [5.74, 6) is 0.828. The fraction of sp³-hybridized carbons (Fsp3) is 1.00. The van der Waals surface area contributed by atoms with E-state index in [0.717, 1.165) is 21.9 Å². The standard InChI is InChI=1S/C9H16Br4/c10-5-3-8(7-12)1-2-9(13)4-6-11/h8-9H,1-7H2. The third kappa shape index (κ3) is 8.88. The van der Waals surface area contributed by atoms with E-state index in [1.54, 1.807) is 0 Å². The first-order valence-electron chi connectivity index (χ1n) is 4.56. The first-order chi connectivity index (χ1) is 6.24. The van der Waals surface area contributed by atoms with Gasteiger partial charge in [-0.15, -0.1) is 0 Å². The van der Waals surface area contributed by atoms with Crippen molar-refractivity contribution < 1.29 is 0 Å². The first-order valence-corrected chi connectivity index (χ1v) is 8.84. The van der Waals surface area contributed by atoms with E-state index in [1.807, 2.05) is 0 Å². The van der Waals surface area contributed by atoms with Gasteiger partial charge in [-0.2, -0.15) is 0 Å². The van der Waals surface area contributed by atoms with Gasteiger partial charge in [-0.05, 0) is 31.6 Å². The Balaban J connectivity index is 3.46. The Morgan fingerprint density at radius 3 is 1.85 bits per heavy atom. The second kappa shape index (κ2) is 10.4. The molecule has 0 saturated heterocycles. The zero-order valence-electron chi connectivity index (χ0n) is 7.62. The van der Waals surface area contributed by atoms with E-state index in [1.165, 1.54) is 25.7 Å². The van der Waals surface area contributed by atoms with Crippen LogP contribution in [0.4, 0.5) is 0 Å². The van der Waals surface area contributed by atoms with E-state index in [2.05, 4.69) is 63.7 Å². The molecular weight excluding hydrogens is 428 g/mol. The summed E-state index contributed by atoms with van der Waals surface area (Å²) in [6.45, 7) is 0. The third-order valence-corrected chi connectivity index (χ3v) is 4.79. The molecule has 0 aliphatic heterocycles. The summed E-state index contributed by atoms with van der Waals surface area (Å²) >= 11 is 14.2. The van der Waals surface area contributed by atoms with Crippen molar-refractivity contribution in [1.29, 1.82) is 0 Å². The van der Waals surface area contributed by atoms with Crippen LogP contribution in [0.25, 0.3) is 0 Å². The quantitative estimate of drug-likeness (QED) is 0.457.